The van der Waals surface area contributed by atoms with E-state index in [9.17, 15) is 4.79 Å². The lowest BCUT2D eigenvalue weighted by Gasteiger charge is -2.09. The Hall–Kier alpha value is -1.94. The van der Waals surface area contributed by atoms with Crippen LogP contribution in [-0.4, -0.2) is 17.4 Å². The molecular weight excluding hydrogens is 256 g/mol. The highest BCUT2D eigenvalue weighted by atomic mass is 32.1. The normalized spacial score (nSPS) is 12.5. The van der Waals surface area contributed by atoms with Gasteiger partial charge >= 0.3 is 0 Å². The lowest BCUT2D eigenvalue weighted by atomic mass is 10.1. The molecule has 3 nitrogen and oxygen atoms in total. The maximum Gasteiger partial charge on any atom is 0.244 e. The van der Waals surface area contributed by atoms with E-state index >= 15 is 0 Å². The zero-order chi connectivity index (χ0) is 13.5. The molecule has 0 unspecified atom stereocenters. The van der Waals surface area contributed by atoms with Gasteiger partial charge in [0.05, 0.1) is 0 Å². The first-order valence-electron chi connectivity index (χ1n) is 6.14. The molecule has 2 aromatic rings. The summed E-state index contributed by atoms with van der Waals surface area (Å²) in [6, 6.07) is 5.84. The number of nitrogens with one attached hydrogen (secondary N) is 1. The molecule has 98 valence electrons. The predicted octanol–water partition coefficient (Wildman–Crippen LogP) is 3.08. The molecule has 0 radical (unpaired) electrons. The third-order valence-corrected chi connectivity index (χ3v) is 3.51. The first-order chi connectivity index (χ1) is 9.25. The molecule has 0 aliphatic heterocycles. The van der Waals surface area contributed by atoms with Crippen LogP contribution in [0.4, 0.5) is 0 Å². The summed E-state index contributed by atoms with van der Waals surface area (Å²) in [5.74, 6) is 0.257. The van der Waals surface area contributed by atoms with Crippen molar-refractivity contribution in [3.63, 3.8) is 0 Å². The first-order valence-corrected chi connectivity index (χ1v) is 7.08. The Labute approximate surface area is 117 Å². The predicted molar refractivity (Wildman–Crippen MR) is 79.0 cm³/mol. The zero-order valence-electron chi connectivity index (χ0n) is 10.7. The smallest absolute Gasteiger partial charge is 0.244 e. The van der Waals surface area contributed by atoms with Crippen LogP contribution in [-0.2, 0) is 4.79 Å². The van der Waals surface area contributed by atoms with Crippen LogP contribution >= 0.6 is 11.3 Å². The van der Waals surface area contributed by atoms with Gasteiger partial charge in [0.1, 0.15) is 0 Å². The van der Waals surface area contributed by atoms with Crippen LogP contribution in [0.3, 0.4) is 0 Å². The van der Waals surface area contributed by atoms with Gasteiger partial charge in [0.25, 0.3) is 0 Å². The molecule has 2 aromatic heterocycles. The van der Waals surface area contributed by atoms with Gasteiger partial charge in [0, 0.05) is 25.0 Å². The number of hydrogen-bond donors (Lipinski definition) is 1. The third kappa shape index (κ3) is 4.34. The van der Waals surface area contributed by atoms with Crippen molar-refractivity contribution in [3.05, 3.63) is 58.6 Å². The minimum Gasteiger partial charge on any atom is -0.352 e. The summed E-state index contributed by atoms with van der Waals surface area (Å²) in [4.78, 5) is 15.7. The number of pyridine rings is 1. The Balaban J connectivity index is 1.80. The van der Waals surface area contributed by atoms with Crippen molar-refractivity contribution in [1.29, 1.82) is 0 Å². The van der Waals surface area contributed by atoms with E-state index in [0.717, 1.165) is 5.56 Å². The Kier molecular flexibility index (Phi) is 4.86. The fourth-order valence-corrected chi connectivity index (χ4v) is 2.41. The molecule has 2 rings (SSSR count). The highest BCUT2D eigenvalue weighted by Gasteiger charge is 2.06. The van der Waals surface area contributed by atoms with Gasteiger partial charge in [0.15, 0.2) is 0 Å². The molecule has 0 spiro atoms. The fourth-order valence-electron chi connectivity index (χ4n) is 1.63. The minimum absolute atomic E-state index is 0.0778. The molecule has 0 aliphatic carbocycles. The quantitative estimate of drug-likeness (QED) is 0.850. The van der Waals surface area contributed by atoms with Crippen LogP contribution in [0.1, 0.15) is 24.0 Å². The molecular formula is C15H16N2OS. The molecule has 0 aliphatic rings. The number of aromatic nitrogens is 1. The molecule has 0 aromatic carbocycles. The second-order valence-electron chi connectivity index (χ2n) is 4.32. The van der Waals surface area contributed by atoms with Crippen molar-refractivity contribution in [2.75, 3.05) is 6.54 Å². The second-order valence-corrected chi connectivity index (χ2v) is 5.10. The summed E-state index contributed by atoms with van der Waals surface area (Å²) in [5.41, 5.74) is 2.19. The van der Waals surface area contributed by atoms with Gasteiger partial charge in [-0.25, -0.2) is 0 Å². The van der Waals surface area contributed by atoms with Crippen LogP contribution in [0.15, 0.2) is 47.4 Å². The molecule has 2 heterocycles. The molecule has 0 bridgehead atoms. The van der Waals surface area contributed by atoms with Crippen molar-refractivity contribution in [1.82, 2.24) is 10.3 Å². The Morgan fingerprint density at radius 2 is 2.42 bits per heavy atom. The van der Waals surface area contributed by atoms with Crippen LogP contribution < -0.4 is 5.32 Å². The summed E-state index contributed by atoms with van der Waals surface area (Å²) in [7, 11) is 0. The van der Waals surface area contributed by atoms with Gasteiger partial charge in [0.2, 0.25) is 5.91 Å². The van der Waals surface area contributed by atoms with Gasteiger partial charge in [-0.05, 0) is 46.0 Å². The van der Waals surface area contributed by atoms with Crippen molar-refractivity contribution in [2.24, 2.45) is 0 Å². The van der Waals surface area contributed by atoms with Crippen LogP contribution in [0.2, 0.25) is 0 Å². The van der Waals surface area contributed by atoms with Crippen molar-refractivity contribution in [2.45, 2.75) is 12.8 Å². The largest absolute Gasteiger partial charge is 0.352 e. The number of carbonyl (C=O) groups is 1. The molecule has 0 saturated heterocycles. The van der Waals surface area contributed by atoms with Crippen molar-refractivity contribution in [3.8, 4) is 0 Å². The Morgan fingerprint density at radius 1 is 1.53 bits per heavy atom. The second kappa shape index (κ2) is 6.85. The number of rotatable bonds is 5. The van der Waals surface area contributed by atoms with E-state index in [1.165, 1.54) is 11.6 Å². The number of carbonyl (C=O) groups excluding carboxylic acids is 1. The van der Waals surface area contributed by atoms with Gasteiger partial charge in [-0.3, -0.25) is 9.78 Å². The lowest BCUT2D eigenvalue weighted by molar-refractivity contribution is -0.116. The van der Waals surface area contributed by atoms with Crippen molar-refractivity contribution >= 4 is 23.3 Å². The van der Waals surface area contributed by atoms with Crippen LogP contribution in [0.25, 0.3) is 6.08 Å². The maximum atomic E-state index is 11.7. The third-order valence-electron chi connectivity index (χ3n) is 2.81. The lowest BCUT2D eigenvalue weighted by Crippen LogP contribution is -2.25. The van der Waals surface area contributed by atoms with Crippen molar-refractivity contribution < 1.29 is 4.79 Å². The summed E-state index contributed by atoms with van der Waals surface area (Å²) in [6.07, 6.45) is 6.73. The molecule has 0 fully saturated rings. The standard InChI is InChI=1S/C15H16N2OS/c1-12(14-6-8-19-11-14)9-17-15(18)5-4-13-3-2-7-16-10-13/h2-8,10-12H,9H2,1H3,(H,17,18)/b5-4+/t12-/m1/s1. The number of thiophene rings is 1. The van der Waals surface area contributed by atoms with E-state index in [2.05, 4.69) is 34.1 Å². The zero-order valence-corrected chi connectivity index (χ0v) is 11.6. The average molecular weight is 272 g/mol. The van der Waals surface area contributed by atoms with E-state index in [1.54, 1.807) is 29.8 Å². The topological polar surface area (TPSA) is 42.0 Å². The van der Waals surface area contributed by atoms with Crippen LogP contribution in [0, 0.1) is 0 Å². The van der Waals surface area contributed by atoms with E-state index in [1.807, 2.05) is 12.1 Å². The molecule has 1 amide bonds. The summed E-state index contributed by atoms with van der Waals surface area (Å²) >= 11 is 1.68. The molecule has 19 heavy (non-hydrogen) atoms. The highest BCUT2D eigenvalue weighted by molar-refractivity contribution is 7.07. The number of nitrogens with zero attached hydrogens (tertiary/aromatic N) is 1. The minimum atomic E-state index is -0.0778. The molecule has 0 saturated carbocycles. The maximum absolute atomic E-state index is 11.7. The van der Waals surface area contributed by atoms with E-state index < -0.39 is 0 Å². The van der Waals surface area contributed by atoms with E-state index in [4.69, 9.17) is 0 Å². The number of amides is 1. The summed E-state index contributed by atoms with van der Waals surface area (Å²) in [5, 5.41) is 7.06. The van der Waals surface area contributed by atoms with Gasteiger partial charge in [-0.1, -0.05) is 13.0 Å². The average Bonchev–Trinajstić information content (AvgIpc) is 2.98. The van der Waals surface area contributed by atoms with Gasteiger partial charge in [-0.15, -0.1) is 0 Å². The van der Waals surface area contributed by atoms with E-state index in [0.29, 0.717) is 12.5 Å². The highest BCUT2D eigenvalue weighted by Crippen LogP contribution is 2.16. The first kappa shape index (κ1) is 13.5. The van der Waals surface area contributed by atoms with Gasteiger partial charge in [-0.2, -0.15) is 11.3 Å². The number of hydrogen-bond acceptors (Lipinski definition) is 3. The SMILES string of the molecule is C[C@H](CNC(=O)/C=C/c1cccnc1)c1ccsc1. The van der Waals surface area contributed by atoms with Crippen LogP contribution in [0.5, 0.6) is 0 Å². The molecule has 4 heteroatoms. The molecule has 1 N–H and O–H groups in total. The fraction of sp³-hybridized carbons (Fsp3) is 0.200. The summed E-state index contributed by atoms with van der Waals surface area (Å²) in [6.45, 7) is 2.75. The Bertz CT molecular complexity index is 535. The van der Waals surface area contributed by atoms with E-state index in [-0.39, 0.29) is 5.91 Å². The molecule has 1 atom stereocenters. The van der Waals surface area contributed by atoms with Gasteiger partial charge < -0.3 is 5.32 Å². The summed E-state index contributed by atoms with van der Waals surface area (Å²) < 4.78 is 0. The monoisotopic (exact) mass is 272 g/mol. The Morgan fingerprint density at radius 3 is 3.11 bits per heavy atom.